The van der Waals surface area contributed by atoms with Crippen molar-refractivity contribution in [3.63, 3.8) is 0 Å². The SMILES string of the molecule is C=CCN(CC(=O)c1c(C)c(C(=O)OC)n(C)c1C)C(=O)c1ccc(OC)cc1. The zero-order valence-electron chi connectivity index (χ0n) is 17.4. The van der Waals surface area contributed by atoms with Gasteiger partial charge in [-0.25, -0.2) is 4.79 Å². The molecule has 0 spiro atoms. The number of benzene rings is 1. The van der Waals surface area contributed by atoms with E-state index in [4.69, 9.17) is 9.47 Å². The number of nitrogens with zero attached hydrogens (tertiary/aromatic N) is 2. The number of carbonyl (C=O) groups excluding carboxylic acids is 3. The minimum atomic E-state index is -0.510. The molecule has 0 aliphatic carbocycles. The Labute approximate surface area is 170 Å². The van der Waals surface area contributed by atoms with Crippen molar-refractivity contribution in [1.29, 1.82) is 0 Å². The Morgan fingerprint density at radius 2 is 1.76 bits per heavy atom. The molecule has 29 heavy (non-hydrogen) atoms. The van der Waals surface area contributed by atoms with E-state index in [1.54, 1.807) is 62.9 Å². The van der Waals surface area contributed by atoms with Crippen molar-refractivity contribution in [3.8, 4) is 5.75 Å². The van der Waals surface area contributed by atoms with Gasteiger partial charge >= 0.3 is 5.97 Å². The first kappa shape index (κ1) is 21.9. The minimum Gasteiger partial charge on any atom is -0.497 e. The van der Waals surface area contributed by atoms with Crippen LogP contribution in [-0.2, 0) is 11.8 Å². The smallest absolute Gasteiger partial charge is 0.354 e. The Morgan fingerprint density at radius 1 is 1.14 bits per heavy atom. The fourth-order valence-electron chi connectivity index (χ4n) is 3.32. The van der Waals surface area contributed by atoms with Gasteiger partial charge in [0.25, 0.3) is 5.91 Å². The molecule has 2 rings (SSSR count). The molecule has 154 valence electrons. The molecule has 1 aromatic heterocycles. The summed E-state index contributed by atoms with van der Waals surface area (Å²) in [6, 6.07) is 6.68. The van der Waals surface area contributed by atoms with Crippen molar-refractivity contribution < 1.29 is 23.9 Å². The first-order chi connectivity index (χ1) is 13.8. The van der Waals surface area contributed by atoms with E-state index in [-0.39, 0.29) is 24.8 Å². The number of carbonyl (C=O) groups is 3. The minimum absolute atomic E-state index is 0.136. The molecular formula is C22H26N2O5. The number of hydrogen-bond acceptors (Lipinski definition) is 5. The number of amides is 1. The summed E-state index contributed by atoms with van der Waals surface area (Å²) in [5, 5.41) is 0. The average Bonchev–Trinajstić information content (AvgIpc) is 2.95. The van der Waals surface area contributed by atoms with E-state index >= 15 is 0 Å². The molecule has 7 heteroatoms. The first-order valence-corrected chi connectivity index (χ1v) is 9.08. The van der Waals surface area contributed by atoms with Crippen LogP contribution in [0, 0.1) is 13.8 Å². The zero-order chi connectivity index (χ0) is 21.7. The fraction of sp³-hybridized carbons (Fsp3) is 0.318. The lowest BCUT2D eigenvalue weighted by Crippen LogP contribution is -2.36. The van der Waals surface area contributed by atoms with Crippen LogP contribution in [-0.4, -0.2) is 54.4 Å². The van der Waals surface area contributed by atoms with E-state index in [0.717, 1.165) is 0 Å². The van der Waals surface area contributed by atoms with Gasteiger partial charge in [0.05, 0.1) is 20.8 Å². The third-order valence-electron chi connectivity index (χ3n) is 4.90. The highest BCUT2D eigenvalue weighted by Crippen LogP contribution is 2.23. The molecule has 0 N–H and O–H groups in total. The second kappa shape index (κ2) is 9.23. The molecule has 0 radical (unpaired) electrons. The molecule has 0 saturated heterocycles. The van der Waals surface area contributed by atoms with E-state index in [9.17, 15) is 14.4 Å². The molecule has 1 aromatic carbocycles. The largest absolute Gasteiger partial charge is 0.497 e. The van der Waals surface area contributed by atoms with Crippen LogP contribution in [0.15, 0.2) is 36.9 Å². The summed E-state index contributed by atoms with van der Waals surface area (Å²) in [6.07, 6.45) is 1.57. The van der Waals surface area contributed by atoms with Crippen LogP contribution in [0.4, 0.5) is 0 Å². The highest BCUT2D eigenvalue weighted by atomic mass is 16.5. The molecule has 2 aromatic rings. The van der Waals surface area contributed by atoms with Gasteiger partial charge < -0.3 is 18.9 Å². The highest BCUT2D eigenvalue weighted by Gasteiger charge is 2.27. The Morgan fingerprint density at radius 3 is 2.28 bits per heavy atom. The Balaban J connectivity index is 2.33. The fourth-order valence-corrected chi connectivity index (χ4v) is 3.32. The Hall–Kier alpha value is -3.35. The first-order valence-electron chi connectivity index (χ1n) is 9.08. The number of rotatable bonds is 8. The predicted molar refractivity (Wildman–Crippen MR) is 110 cm³/mol. The number of ether oxygens (including phenoxy) is 2. The van der Waals surface area contributed by atoms with E-state index in [0.29, 0.717) is 33.8 Å². The summed E-state index contributed by atoms with van der Waals surface area (Å²) in [5.74, 6) is -0.419. The summed E-state index contributed by atoms with van der Waals surface area (Å²) in [5.41, 5.74) is 2.37. The van der Waals surface area contributed by atoms with Crippen molar-refractivity contribution >= 4 is 17.7 Å². The second-order valence-corrected chi connectivity index (χ2v) is 6.61. The number of hydrogen-bond donors (Lipinski definition) is 0. The molecule has 1 amide bonds. The van der Waals surface area contributed by atoms with Crippen LogP contribution in [0.2, 0.25) is 0 Å². The van der Waals surface area contributed by atoms with Gasteiger partial charge in [-0.1, -0.05) is 6.08 Å². The normalized spacial score (nSPS) is 10.4. The van der Waals surface area contributed by atoms with Crippen LogP contribution in [0.5, 0.6) is 5.75 Å². The molecular weight excluding hydrogens is 372 g/mol. The van der Waals surface area contributed by atoms with Gasteiger partial charge in [0, 0.05) is 30.4 Å². The molecule has 0 aliphatic rings. The number of ketones is 1. The van der Waals surface area contributed by atoms with Crippen LogP contribution in [0.25, 0.3) is 0 Å². The summed E-state index contributed by atoms with van der Waals surface area (Å²) in [6.45, 7) is 7.22. The standard InChI is InChI=1S/C22H26N2O5/c1-7-12-24(21(26)16-8-10-17(28-5)11-9-16)13-18(25)19-14(2)20(22(27)29-6)23(4)15(19)3/h7-11H,1,12-13H2,2-6H3. The van der Waals surface area contributed by atoms with E-state index < -0.39 is 5.97 Å². The van der Waals surface area contributed by atoms with Crippen molar-refractivity contribution in [2.45, 2.75) is 13.8 Å². The average molecular weight is 398 g/mol. The number of methoxy groups -OCH3 is 2. The maximum Gasteiger partial charge on any atom is 0.354 e. The van der Waals surface area contributed by atoms with Crippen molar-refractivity contribution in [2.75, 3.05) is 27.3 Å². The van der Waals surface area contributed by atoms with Crippen molar-refractivity contribution in [1.82, 2.24) is 9.47 Å². The van der Waals surface area contributed by atoms with Gasteiger partial charge in [0.15, 0.2) is 5.78 Å². The molecule has 0 aliphatic heterocycles. The van der Waals surface area contributed by atoms with Gasteiger partial charge in [-0.2, -0.15) is 0 Å². The lowest BCUT2D eigenvalue weighted by Gasteiger charge is -2.21. The topological polar surface area (TPSA) is 77.8 Å². The second-order valence-electron chi connectivity index (χ2n) is 6.61. The molecule has 0 unspecified atom stereocenters. The summed E-state index contributed by atoms with van der Waals surface area (Å²) in [7, 11) is 4.55. The quantitative estimate of drug-likeness (QED) is 0.388. The van der Waals surface area contributed by atoms with Crippen LogP contribution >= 0.6 is 0 Å². The van der Waals surface area contributed by atoms with Gasteiger partial charge in [0.1, 0.15) is 11.4 Å². The van der Waals surface area contributed by atoms with E-state index in [2.05, 4.69) is 6.58 Å². The molecule has 7 nitrogen and oxygen atoms in total. The summed E-state index contributed by atoms with van der Waals surface area (Å²) in [4.78, 5) is 39.5. The molecule has 0 fully saturated rings. The van der Waals surface area contributed by atoms with Gasteiger partial charge in [-0.3, -0.25) is 9.59 Å². The van der Waals surface area contributed by atoms with Gasteiger partial charge in [-0.15, -0.1) is 6.58 Å². The zero-order valence-corrected chi connectivity index (χ0v) is 17.4. The third kappa shape index (κ3) is 4.39. The Kier molecular flexibility index (Phi) is 6.98. The summed E-state index contributed by atoms with van der Waals surface area (Å²) >= 11 is 0. The monoisotopic (exact) mass is 398 g/mol. The van der Waals surface area contributed by atoms with Gasteiger partial charge in [-0.05, 0) is 43.7 Å². The number of aromatic nitrogens is 1. The van der Waals surface area contributed by atoms with E-state index in [1.165, 1.54) is 12.0 Å². The number of Topliss-reactive ketones (excluding diaryl/α,β-unsaturated/α-hetero) is 1. The molecule has 1 heterocycles. The van der Waals surface area contributed by atoms with E-state index in [1.807, 2.05) is 0 Å². The van der Waals surface area contributed by atoms with Crippen molar-refractivity contribution in [3.05, 3.63) is 65.0 Å². The molecule has 0 saturated carbocycles. The third-order valence-corrected chi connectivity index (χ3v) is 4.90. The maximum absolute atomic E-state index is 13.1. The lowest BCUT2D eigenvalue weighted by molar-refractivity contribution is 0.0588. The summed E-state index contributed by atoms with van der Waals surface area (Å²) < 4.78 is 11.6. The van der Waals surface area contributed by atoms with Crippen LogP contribution < -0.4 is 4.74 Å². The van der Waals surface area contributed by atoms with Crippen LogP contribution in [0.3, 0.4) is 0 Å². The Bertz CT molecular complexity index is 941. The molecule has 0 atom stereocenters. The predicted octanol–water partition coefficient (Wildman–Crippen LogP) is 2.95. The maximum atomic E-state index is 13.1. The van der Waals surface area contributed by atoms with Crippen molar-refractivity contribution in [2.24, 2.45) is 7.05 Å². The number of esters is 1. The highest BCUT2D eigenvalue weighted by molar-refractivity contribution is 6.06. The lowest BCUT2D eigenvalue weighted by atomic mass is 10.0. The molecule has 0 bridgehead atoms. The van der Waals surface area contributed by atoms with Gasteiger partial charge in [0.2, 0.25) is 0 Å². The van der Waals surface area contributed by atoms with Crippen LogP contribution in [0.1, 0.15) is 42.5 Å².